The van der Waals surface area contributed by atoms with E-state index in [0.29, 0.717) is 5.84 Å². The van der Waals surface area contributed by atoms with Gasteiger partial charge in [-0.05, 0) is 26.7 Å². The molecular formula is C4H8N2S. The van der Waals surface area contributed by atoms with Gasteiger partial charge in [-0.3, -0.25) is 0 Å². The number of amidine groups is 1. The first kappa shape index (κ1) is 6.69. The number of thiol groups is 1. The van der Waals surface area contributed by atoms with E-state index in [1.807, 2.05) is 6.92 Å². The van der Waals surface area contributed by atoms with Crippen LogP contribution in [-0.4, -0.2) is 12.1 Å². The molecule has 0 aromatic heterocycles. The SMILES string of the molecule is CC=NC(C)=NS. The molecule has 0 bridgehead atoms. The Labute approximate surface area is 48.9 Å². The zero-order valence-electron chi connectivity index (χ0n) is 4.42. The fourth-order valence-electron chi connectivity index (χ4n) is 0.213. The van der Waals surface area contributed by atoms with Gasteiger partial charge in [-0.1, -0.05) is 0 Å². The van der Waals surface area contributed by atoms with Crippen molar-refractivity contribution in [3.8, 4) is 0 Å². The molecule has 0 aromatic carbocycles. The quantitative estimate of drug-likeness (QED) is 0.281. The number of hydrogen-bond acceptors (Lipinski definition) is 2. The van der Waals surface area contributed by atoms with E-state index in [-0.39, 0.29) is 0 Å². The first-order chi connectivity index (χ1) is 3.31. The Morgan fingerprint density at radius 2 is 2.29 bits per heavy atom. The molecule has 0 heterocycles. The molecule has 0 unspecified atom stereocenters. The van der Waals surface area contributed by atoms with Crippen LogP contribution in [0.25, 0.3) is 0 Å². The first-order valence-electron chi connectivity index (χ1n) is 1.98. The van der Waals surface area contributed by atoms with Gasteiger partial charge in [0.1, 0.15) is 5.84 Å². The van der Waals surface area contributed by atoms with Gasteiger partial charge in [0.2, 0.25) is 0 Å². The molecule has 0 rings (SSSR count). The summed E-state index contributed by atoms with van der Waals surface area (Å²) in [7, 11) is 0. The van der Waals surface area contributed by atoms with E-state index in [1.54, 1.807) is 13.1 Å². The van der Waals surface area contributed by atoms with Crippen LogP contribution >= 0.6 is 12.8 Å². The van der Waals surface area contributed by atoms with Gasteiger partial charge in [-0.15, -0.1) is 0 Å². The van der Waals surface area contributed by atoms with Gasteiger partial charge in [0.15, 0.2) is 0 Å². The Balaban J connectivity index is 3.58. The monoisotopic (exact) mass is 116 g/mol. The van der Waals surface area contributed by atoms with Crippen molar-refractivity contribution in [3.05, 3.63) is 0 Å². The molecule has 0 fully saturated rings. The summed E-state index contributed by atoms with van der Waals surface area (Å²) in [5.41, 5.74) is 0. The van der Waals surface area contributed by atoms with Crippen LogP contribution in [0.2, 0.25) is 0 Å². The van der Waals surface area contributed by atoms with Crippen molar-refractivity contribution in [2.75, 3.05) is 0 Å². The summed E-state index contributed by atoms with van der Waals surface area (Å²) in [4.78, 5) is 3.79. The highest BCUT2D eigenvalue weighted by atomic mass is 32.1. The van der Waals surface area contributed by atoms with Gasteiger partial charge >= 0.3 is 0 Å². The number of nitrogens with zero attached hydrogens (tertiary/aromatic N) is 2. The lowest BCUT2D eigenvalue weighted by Crippen LogP contribution is -1.79. The van der Waals surface area contributed by atoms with Crippen molar-refractivity contribution in [2.45, 2.75) is 13.8 Å². The topological polar surface area (TPSA) is 24.7 Å². The lowest BCUT2D eigenvalue weighted by molar-refractivity contribution is 1.59. The molecule has 0 aliphatic carbocycles. The summed E-state index contributed by atoms with van der Waals surface area (Å²) in [5.74, 6) is 0.686. The second-order valence-electron chi connectivity index (χ2n) is 1.03. The highest BCUT2D eigenvalue weighted by Crippen LogP contribution is 1.80. The largest absolute Gasteiger partial charge is 0.246 e. The Hall–Kier alpha value is -0.310. The van der Waals surface area contributed by atoms with Gasteiger partial charge in [-0.25, -0.2) is 9.39 Å². The molecule has 7 heavy (non-hydrogen) atoms. The molecular weight excluding hydrogens is 108 g/mol. The molecule has 0 spiro atoms. The van der Waals surface area contributed by atoms with E-state index < -0.39 is 0 Å². The fraction of sp³-hybridized carbons (Fsp3) is 0.500. The third kappa shape index (κ3) is 3.52. The van der Waals surface area contributed by atoms with Crippen LogP contribution < -0.4 is 0 Å². The third-order valence-corrected chi connectivity index (χ3v) is 0.750. The minimum Gasteiger partial charge on any atom is -0.246 e. The van der Waals surface area contributed by atoms with Crippen molar-refractivity contribution in [3.63, 3.8) is 0 Å². The molecule has 0 radical (unpaired) electrons. The van der Waals surface area contributed by atoms with Gasteiger partial charge in [0.25, 0.3) is 0 Å². The first-order valence-corrected chi connectivity index (χ1v) is 2.38. The summed E-state index contributed by atoms with van der Waals surface area (Å²) >= 11 is 3.62. The van der Waals surface area contributed by atoms with Crippen molar-refractivity contribution >= 4 is 24.9 Å². The average molecular weight is 116 g/mol. The molecule has 3 heteroatoms. The standard InChI is InChI=1S/C4H8N2S/c1-3-5-4(2)6-7/h3,7H,1-2H3. The Morgan fingerprint density at radius 1 is 1.71 bits per heavy atom. The third-order valence-electron chi connectivity index (χ3n) is 0.461. The fourth-order valence-corrected chi connectivity index (χ4v) is 0.264. The molecule has 40 valence electrons. The zero-order chi connectivity index (χ0) is 5.70. The number of hydrogen-bond donors (Lipinski definition) is 1. The van der Waals surface area contributed by atoms with Gasteiger partial charge in [0, 0.05) is 6.21 Å². The highest BCUT2D eigenvalue weighted by molar-refractivity contribution is 7.79. The molecule has 0 saturated carbocycles. The normalized spacial score (nSPS) is 13.3. The van der Waals surface area contributed by atoms with Crippen LogP contribution in [0.4, 0.5) is 0 Å². The van der Waals surface area contributed by atoms with E-state index in [1.165, 1.54) is 0 Å². The van der Waals surface area contributed by atoms with Crippen molar-refractivity contribution in [1.29, 1.82) is 0 Å². The van der Waals surface area contributed by atoms with Crippen LogP contribution in [0.15, 0.2) is 9.39 Å². The lowest BCUT2D eigenvalue weighted by atomic mass is 10.7. The van der Waals surface area contributed by atoms with Gasteiger partial charge in [-0.2, -0.15) is 0 Å². The van der Waals surface area contributed by atoms with Crippen LogP contribution in [0.3, 0.4) is 0 Å². The van der Waals surface area contributed by atoms with E-state index in [4.69, 9.17) is 0 Å². The Morgan fingerprint density at radius 3 is 2.43 bits per heavy atom. The molecule has 0 aliphatic rings. The molecule has 0 aliphatic heterocycles. The predicted octanol–water partition coefficient (Wildman–Crippen LogP) is 1.34. The second kappa shape index (κ2) is 3.87. The summed E-state index contributed by atoms with van der Waals surface area (Å²) in [6.07, 6.45) is 1.68. The molecule has 0 atom stereocenters. The number of rotatable bonds is 0. The van der Waals surface area contributed by atoms with E-state index in [2.05, 4.69) is 22.2 Å². The van der Waals surface area contributed by atoms with Crippen LogP contribution in [0, 0.1) is 0 Å². The highest BCUT2D eigenvalue weighted by Gasteiger charge is 1.73. The van der Waals surface area contributed by atoms with E-state index in [9.17, 15) is 0 Å². The van der Waals surface area contributed by atoms with Gasteiger partial charge < -0.3 is 0 Å². The second-order valence-corrected chi connectivity index (χ2v) is 1.23. The van der Waals surface area contributed by atoms with Crippen molar-refractivity contribution in [1.82, 2.24) is 0 Å². The summed E-state index contributed by atoms with van der Waals surface area (Å²) < 4.78 is 3.49. The molecule has 0 N–H and O–H groups in total. The van der Waals surface area contributed by atoms with E-state index >= 15 is 0 Å². The van der Waals surface area contributed by atoms with Gasteiger partial charge in [0.05, 0.1) is 0 Å². The zero-order valence-corrected chi connectivity index (χ0v) is 5.31. The molecule has 0 amide bonds. The molecule has 2 nitrogen and oxygen atoms in total. The molecule has 0 aromatic rings. The minimum absolute atomic E-state index is 0.686. The maximum Gasteiger partial charge on any atom is 0.132 e. The van der Waals surface area contributed by atoms with Crippen LogP contribution in [-0.2, 0) is 0 Å². The summed E-state index contributed by atoms with van der Waals surface area (Å²) in [6, 6.07) is 0. The lowest BCUT2D eigenvalue weighted by Gasteiger charge is -1.79. The Kier molecular flexibility index (Phi) is 3.69. The van der Waals surface area contributed by atoms with Crippen LogP contribution in [0.1, 0.15) is 13.8 Å². The van der Waals surface area contributed by atoms with Crippen molar-refractivity contribution < 1.29 is 0 Å². The van der Waals surface area contributed by atoms with Crippen molar-refractivity contribution in [2.24, 2.45) is 9.39 Å². The van der Waals surface area contributed by atoms with Crippen LogP contribution in [0.5, 0.6) is 0 Å². The smallest absolute Gasteiger partial charge is 0.132 e. The average Bonchev–Trinajstić information content (AvgIpc) is 1.68. The minimum atomic E-state index is 0.686. The predicted molar refractivity (Wildman–Crippen MR) is 36.3 cm³/mol. The Bertz CT molecular complexity index is 95.9. The maximum absolute atomic E-state index is 3.79. The summed E-state index contributed by atoms with van der Waals surface area (Å²) in [6.45, 7) is 3.62. The maximum atomic E-state index is 3.79. The molecule has 0 saturated heterocycles. The summed E-state index contributed by atoms with van der Waals surface area (Å²) in [5, 5.41) is 0. The van der Waals surface area contributed by atoms with E-state index in [0.717, 1.165) is 0 Å². The number of aliphatic imine (C=N–C) groups is 1.